The molecule has 1 heterocycles. The molecule has 0 fully saturated rings. The molecule has 0 spiro atoms. The van der Waals surface area contributed by atoms with Gasteiger partial charge in [0.2, 0.25) is 0 Å². The van der Waals surface area contributed by atoms with Gasteiger partial charge in [0, 0.05) is 4.88 Å². The molecule has 0 aliphatic heterocycles. The minimum atomic E-state index is -0.475. The van der Waals surface area contributed by atoms with E-state index in [1.54, 1.807) is 0 Å². The highest BCUT2D eigenvalue weighted by molar-refractivity contribution is 7.17. The van der Waals surface area contributed by atoms with Gasteiger partial charge in [0.05, 0.1) is 5.56 Å². The predicted octanol–water partition coefficient (Wildman–Crippen LogP) is 4.08. The number of rotatable bonds is 7. The molecule has 0 unspecified atom stereocenters. The predicted molar refractivity (Wildman–Crippen MR) is 109 cm³/mol. The van der Waals surface area contributed by atoms with Crippen LogP contribution < -0.4 is 15.8 Å². The van der Waals surface area contributed by atoms with Crippen molar-refractivity contribution in [2.24, 2.45) is 11.7 Å². The molecular weight excluding hydrogens is 360 g/mol. The number of para-hydroxylation sites is 1. The zero-order chi connectivity index (χ0) is 19.4. The van der Waals surface area contributed by atoms with E-state index in [0.29, 0.717) is 22.2 Å². The van der Waals surface area contributed by atoms with E-state index in [0.717, 1.165) is 36.8 Å². The van der Waals surface area contributed by atoms with Crippen molar-refractivity contribution < 1.29 is 14.3 Å². The lowest BCUT2D eigenvalue weighted by Crippen LogP contribution is -2.23. The van der Waals surface area contributed by atoms with Gasteiger partial charge in [-0.1, -0.05) is 38.0 Å². The largest absolute Gasteiger partial charge is 0.483 e. The highest BCUT2D eigenvalue weighted by Crippen LogP contribution is 2.40. The molecule has 0 saturated heterocycles. The van der Waals surface area contributed by atoms with Gasteiger partial charge >= 0.3 is 0 Å². The molecule has 6 heteroatoms. The van der Waals surface area contributed by atoms with Gasteiger partial charge in [0.1, 0.15) is 10.8 Å². The van der Waals surface area contributed by atoms with Gasteiger partial charge in [0.25, 0.3) is 11.8 Å². The van der Waals surface area contributed by atoms with Crippen LogP contribution in [0.2, 0.25) is 0 Å². The van der Waals surface area contributed by atoms with Crippen molar-refractivity contribution in [3.05, 3.63) is 45.8 Å². The topological polar surface area (TPSA) is 81.4 Å². The summed E-state index contributed by atoms with van der Waals surface area (Å²) < 4.78 is 5.60. The standard InChI is InChI=1S/C21H26N2O3S/c1-3-6-14-9-10-15-17(11-14)27-21(19(15)20(22)25)23-18(24)12-26-16-8-5-4-7-13(16)2/h4-5,7-8,14H,3,6,9-12H2,1-2H3,(H2,22,25)(H,23,24)/t14-/m0/s1. The summed E-state index contributed by atoms with van der Waals surface area (Å²) in [4.78, 5) is 25.6. The van der Waals surface area contributed by atoms with Gasteiger partial charge in [-0.2, -0.15) is 0 Å². The third-order valence-corrected chi connectivity index (χ3v) is 6.19. The van der Waals surface area contributed by atoms with Crippen LogP contribution in [0, 0.1) is 12.8 Å². The molecule has 27 heavy (non-hydrogen) atoms. The first-order valence-corrected chi connectivity index (χ1v) is 10.2. The number of ether oxygens (including phenoxy) is 1. The van der Waals surface area contributed by atoms with Crippen LogP contribution in [0.4, 0.5) is 5.00 Å². The molecule has 2 amide bonds. The van der Waals surface area contributed by atoms with Crippen LogP contribution in [-0.2, 0) is 17.6 Å². The number of hydrogen-bond acceptors (Lipinski definition) is 4. The van der Waals surface area contributed by atoms with E-state index in [1.165, 1.54) is 22.6 Å². The number of benzene rings is 1. The molecule has 1 atom stereocenters. The Morgan fingerprint density at radius 1 is 1.33 bits per heavy atom. The van der Waals surface area contributed by atoms with Crippen LogP contribution >= 0.6 is 11.3 Å². The van der Waals surface area contributed by atoms with E-state index in [9.17, 15) is 9.59 Å². The summed E-state index contributed by atoms with van der Waals surface area (Å²) in [6, 6.07) is 7.54. The Hall–Kier alpha value is -2.34. The number of hydrogen-bond donors (Lipinski definition) is 2. The lowest BCUT2D eigenvalue weighted by atomic mass is 9.84. The second-order valence-corrected chi connectivity index (χ2v) is 8.18. The van der Waals surface area contributed by atoms with Gasteiger partial charge in [0.15, 0.2) is 6.61 Å². The van der Waals surface area contributed by atoms with E-state index in [2.05, 4.69) is 12.2 Å². The molecule has 1 aromatic heterocycles. The summed E-state index contributed by atoms with van der Waals surface area (Å²) in [6.45, 7) is 4.02. The Morgan fingerprint density at radius 2 is 2.11 bits per heavy atom. The second-order valence-electron chi connectivity index (χ2n) is 7.07. The summed E-state index contributed by atoms with van der Waals surface area (Å²) in [5.41, 5.74) is 8.10. The summed E-state index contributed by atoms with van der Waals surface area (Å²) in [7, 11) is 0. The minimum absolute atomic E-state index is 0.107. The lowest BCUT2D eigenvalue weighted by molar-refractivity contribution is -0.118. The molecule has 2 aromatic rings. The number of thiophene rings is 1. The molecular formula is C21H26N2O3S. The van der Waals surface area contributed by atoms with Crippen LogP contribution in [0.5, 0.6) is 5.75 Å². The molecule has 144 valence electrons. The van der Waals surface area contributed by atoms with Crippen molar-refractivity contribution in [2.45, 2.75) is 46.0 Å². The molecule has 1 aliphatic rings. The third kappa shape index (κ3) is 4.50. The molecule has 1 aliphatic carbocycles. The maximum Gasteiger partial charge on any atom is 0.262 e. The first-order chi connectivity index (χ1) is 13.0. The Morgan fingerprint density at radius 3 is 2.81 bits per heavy atom. The van der Waals surface area contributed by atoms with E-state index in [4.69, 9.17) is 10.5 Å². The van der Waals surface area contributed by atoms with Crippen LogP contribution in [0.1, 0.15) is 52.5 Å². The Labute approximate surface area is 163 Å². The zero-order valence-corrected chi connectivity index (χ0v) is 16.7. The molecule has 1 aromatic carbocycles. The first kappa shape index (κ1) is 19.4. The number of primary amides is 1. The number of carbonyl (C=O) groups is 2. The van der Waals surface area contributed by atoms with Crippen LogP contribution in [-0.4, -0.2) is 18.4 Å². The number of aryl methyl sites for hydroxylation is 1. The van der Waals surface area contributed by atoms with Gasteiger partial charge < -0.3 is 15.8 Å². The van der Waals surface area contributed by atoms with Gasteiger partial charge in [-0.15, -0.1) is 11.3 Å². The second kappa shape index (κ2) is 8.57. The molecule has 0 bridgehead atoms. The number of anilines is 1. The van der Waals surface area contributed by atoms with E-state index in [1.807, 2.05) is 31.2 Å². The van der Waals surface area contributed by atoms with Gasteiger partial charge in [-0.3, -0.25) is 9.59 Å². The fraction of sp³-hybridized carbons (Fsp3) is 0.429. The molecule has 5 nitrogen and oxygen atoms in total. The van der Waals surface area contributed by atoms with Crippen molar-refractivity contribution in [3.8, 4) is 5.75 Å². The monoisotopic (exact) mass is 386 g/mol. The SMILES string of the molecule is CCC[C@H]1CCc2c(sc(NC(=O)COc3ccccc3C)c2C(N)=O)C1. The maximum atomic E-state index is 12.4. The van der Waals surface area contributed by atoms with Crippen LogP contribution in [0.3, 0.4) is 0 Å². The number of nitrogens with two attached hydrogens (primary N) is 1. The van der Waals surface area contributed by atoms with Crippen molar-refractivity contribution in [1.82, 2.24) is 0 Å². The average molecular weight is 387 g/mol. The Bertz CT molecular complexity index is 844. The average Bonchev–Trinajstić information content (AvgIpc) is 2.98. The summed E-state index contributed by atoms with van der Waals surface area (Å²) >= 11 is 1.48. The lowest BCUT2D eigenvalue weighted by Gasteiger charge is -2.21. The smallest absolute Gasteiger partial charge is 0.262 e. The number of nitrogens with one attached hydrogen (secondary N) is 1. The summed E-state index contributed by atoms with van der Waals surface area (Å²) in [6.07, 6.45) is 5.23. The van der Waals surface area contributed by atoms with Crippen LogP contribution in [0.15, 0.2) is 24.3 Å². The summed E-state index contributed by atoms with van der Waals surface area (Å²) in [5.74, 6) is 0.562. The van der Waals surface area contributed by atoms with Gasteiger partial charge in [-0.25, -0.2) is 0 Å². The molecule has 0 saturated carbocycles. The molecule has 3 rings (SSSR count). The quantitative estimate of drug-likeness (QED) is 0.752. The van der Waals surface area contributed by atoms with E-state index >= 15 is 0 Å². The molecule has 0 radical (unpaired) electrons. The van der Waals surface area contributed by atoms with Crippen molar-refractivity contribution in [2.75, 3.05) is 11.9 Å². The zero-order valence-electron chi connectivity index (χ0n) is 15.8. The first-order valence-electron chi connectivity index (χ1n) is 9.42. The number of fused-ring (bicyclic) bond motifs is 1. The minimum Gasteiger partial charge on any atom is -0.483 e. The number of amides is 2. The Kier molecular flexibility index (Phi) is 6.16. The van der Waals surface area contributed by atoms with Crippen molar-refractivity contribution in [3.63, 3.8) is 0 Å². The Balaban J connectivity index is 1.71. The maximum absolute atomic E-state index is 12.4. The fourth-order valence-electron chi connectivity index (χ4n) is 3.68. The van der Waals surface area contributed by atoms with E-state index in [-0.39, 0.29) is 12.5 Å². The highest BCUT2D eigenvalue weighted by Gasteiger charge is 2.28. The highest BCUT2D eigenvalue weighted by atomic mass is 32.1. The number of carbonyl (C=O) groups excluding carboxylic acids is 2. The van der Waals surface area contributed by atoms with Crippen LogP contribution in [0.25, 0.3) is 0 Å². The summed E-state index contributed by atoms with van der Waals surface area (Å²) in [5, 5.41) is 3.40. The third-order valence-electron chi connectivity index (χ3n) is 5.02. The van der Waals surface area contributed by atoms with E-state index < -0.39 is 5.91 Å². The van der Waals surface area contributed by atoms with Crippen molar-refractivity contribution >= 4 is 28.2 Å². The van der Waals surface area contributed by atoms with Crippen molar-refractivity contribution in [1.29, 1.82) is 0 Å². The van der Waals surface area contributed by atoms with Gasteiger partial charge in [-0.05, 0) is 49.3 Å². The molecule has 3 N–H and O–H groups in total. The fourth-order valence-corrected chi connectivity index (χ4v) is 5.07. The normalized spacial score (nSPS) is 15.9.